The molecule has 0 saturated carbocycles. The van der Waals surface area contributed by atoms with Gasteiger partial charge in [-0.15, -0.1) is 0 Å². The number of aliphatic hydroxyl groups is 2. The maximum absolute atomic E-state index is 9.52. The number of hydrogen-bond donors (Lipinski definition) is 2. The molecule has 0 fully saturated rings. The maximum Gasteiger partial charge on any atom is 0.218 e. The van der Waals surface area contributed by atoms with Gasteiger partial charge in [-0.1, -0.05) is 11.3 Å². The molecule has 0 aliphatic carbocycles. The predicted octanol–water partition coefficient (Wildman–Crippen LogP) is 1.68. The van der Waals surface area contributed by atoms with Crippen LogP contribution in [0.25, 0.3) is 0 Å². The molecular weight excluding hydrogens is 212 g/mol. The second-order valence-corrected chi connectivity index (χ2v) is 4.39. The molecule has 1 aliphatic rings. The quantitative estimate of drug-likeness (QED) is 0.753. The minimum Gasteiger partial charge on any atom is -0.503 e. The Kier molecular flexibility index (Phi) is 2.60. The number of quaternary nitrogens is 1. The Morgan fingerprint density at radius 1 is 1.60 bits per heavy atom. The van der Waals surface area contributed by atoms with Gasteiger partial charge in [-0.05, 0) is 19.1 Å². The van der Waals surface area contributed by atoms with E-state index in [4.69, 9.17) is 0 Å². The summed E-state index contributed by atoms with van der Waals surface area (Å²) in [4.78, 5) is 4.17. The fourth-order valence-electron chi connectivity index (χ4n) is 1.74. The molecule has 5 heteroatoms. The molecule has 80 valence electrons. The fourth-order valence-corrected chi connectivity index (χ4v) is 2.67. The lowest BCUT2D eigenvalue weighted by Crippen LogP contribution is -2.46. The summed E-state index contributed by atoms with van der Waals surface area (Å²) in [5.41, 5.74) is 2.65. The van der Waals surface area contributed by atoms with Gasteiger partial charge in [0.05, 0.1) is 5.51 Å². The number of aryl methyl sites for hydroxylation is 1. The van der Waals surface area contributed by atoms with Crippen molar-refractivity contribution in [3.05, 3.63) is 35.3 Å². The van der Waals surface area contributed by atoms with Gasteiger partial charge in [0.15, 0.2) is 12.5 Å². The van der Waals surface area contributed by atoms with Crippen molar-refractivity contribution in [3.63, 3.8) is 0 Å². The molecule has 0 saturated heterocycles. The molecule has 0 radical (unpaired) electrons. The molecule has 2 heterocycles. The van der Waals surface area contributed by atoms with Gasteiger partial charge in [0.2, 0.25) is 5.00 Å². The third-order valence-corrected chi connectivity index (χ3v) is 3.57. The van der Waals surface area contributed by atoms with Gasteiger partial charge in [-0.25, -0.2) is 9.47 Å². The number of hydrogen-bond acceptors (Lipinski definition) is 4. The Hall–Kier alpha value is -1.17. The molecule has 1 aromatic heterocycles. The van der Waals surface area contributed by atoms with Crippen LogP contribution in [0.5, 0.6) is 0 Å². The topological polar surface area (TPSA) is 53.4 Å². The van der Waals surface area contributed by atoms with Gasteiger partial charge in [0.1, 0.15) is 18.4 Å². The summed E-state index contributed by atoms with van der Waals surface area (Å²) >= 11 is 1.49. The van der Waals surface area contributed by atoms with Crippen molar-refractivity contribution >= 4 is 16.3 Å². The Morgan fingerprint density at radius 3 is 2.93 bits per heavy atom. The highest BCUT2D eigenvalue weighted by molar-refractivity contribution is 7.13. The molecule has 2 rings (SSSR count). The normalized spacial score (nSPS) is 25.3. The molecule has 4 nitrogen and oxygen atoms in total. The molecule has 1 atom stereocenters. The first kappa shape index (κ1) is 10.4. The summed E-state index contributed by atoms with van der Waals surface area (Å²) in [7, 11) is 0. The van der Waals surface area contributed by atoms with Crippen LogP contribution in [0.3, 0.4) is 0 Å². The summed E-state index contributed by atoms with van der Waals surface area (Å²) in [5, 5.41) is 20.0. The van der Waals surface area contributed by atoms with Gasteiger partial charge in [-0.3, -0.25) is 0 Å². The summed E-state index contributed by atoms with van der Waals surface area (Å²) in [6.07, 6.45) is 5.15. The van der Waals surface area contributed by atoms with E-state index in [2.05, 4.69) is 4.98 Å². The Labute approximate surface area is 92.0 Å². The van der Waals surface area contributed by atoms with Gasteiger partial charge >= 0.3 is 0 Å². The largest absolute Gasteiger partial charge is 0.503 e. The van der Waals surface area contributed by atoms with E-state index in [-0.39, 0.29) is 17.0 Å². The summed E-state index contributed by atoms with van der Waals surface area (Å²) < 4.78 is 0.235. The molecule has 0 amide bonds. The average Bonchev–Trinajstić information content (AvgIpc) is 2.65. The second kappa shape index (κ2) is 3.77. The minimum absolute atomic E-state index is 0.0720. The van der Waals surface area contributed by atoms with E-state index < -0.39 is 0 Å². The Balaban J connectivity index is 2.48. The minimum atomic E-state index is -0.0720. The average molecular weight is 225 g/mol. The highest BCUT2D eigenvalue weighted by Gasteiger charge is 2.33. The number of nitrogens with zero attached hydrogens (tertiary/aromatic N) is 2. The van der Waals surface area contributed by atoms with Crippen molar-refractivity contribution in [3.8, 4) is 0 Å². The van der Waals surface area contributed by atoms with Crippen LogP contribution in [0, 0.1) is 6.92 Å². The fraction of sp³-hybridized carbons (Fsp3) is 0.300. The zero-order valence-electron chi connectivity index (χ0n) is 8.42. The van der Waals surface area contributed by atoms with Crippen LogP contribution in [-0.2, 0) is 0 Å². The van der Waals surface area contributed by atoms with E-state index in [0.717, 1.165) is 10.7 Å². The zero-order valence-corrected chi connectivity index (χ0v) is 9.24. The lowest BCUT2D eigenvalue weighted by Gasteiger charge is -2.31. The van der Waals surface area contributed by atoms with Gasteiger partial charge in [0.25, 0.3) is 0 Å². The van der Waals surface area contributed by atoms with Gasteiger partial charge < -0.3 is 10.2 Å². The molecule has 15 heavy (non-hydrogen) atoms. The number of thiazole rings is 1. The second-order valence-electron chi connectivity index (χ2n) is 3.56. The smallest absolute Gasteiger partial charge is 0.218 e. The molecule has 1 unspecified atom stereocenters. The standard InChI is InChI=1S/C10H12N2O2S/c1-8-10(15-6-11-8)12(7-13)4-2-3-9(14)5-12/h2-3,5-6,13H,4,7H2,1H3/p+1. The SMILES string of the molecule is Cc1ncsc1[N+]1(CO)C=C(O)C=CC1. The van der Waals surface area contributed by atoms with E-state index in [0.29, 0.717) is 6.54 Å². The predicted molar refractivity (Wildman–Crippen MR) is 60.4 cm³/mol. The van der Waals surface area contributed by atoms with Crippen molar-refractivity contribution in [2.75, 3.05) is 13.3 Å². The third-order valence-electron chi connectivity index (χ3n) is 2.48. The highest BCUT2D eigenvalue weighted by Crippen LogP contribution is 2.33. The molecule has 0 bridgehead atoms. The van der Waals surface area contributed by atoms with Crippen LogP contribution < -0.4 is 4.48 Å². The van der Waals surface area contributed by atoms with E-state index in [1.807, 2.05) is 13.0 Å². The molecule has 1 aromatic rings. The van der Waals surface area contributed by atoms with Crippen molar-refractivity contribution in [2.45, 2.75) is 6.92 Å². The molecule has 0 spiro atoms. The monoisotopic (exact) mass is 225 g/mol. The zero-order chi connectivity index (χ0) is 10.9. The number of aliphatic hydroxyl groups excluding tert-OH is 2. The van der Waals surface area contributed by atoms with Crippen LogP contribution in [0.2, 0.25) is 0 Å². The van der Waals surface area contributed by atoms with Gasteiger partial charge in [-0.2, -0.15) is 0 Å². The molecule has 0 aromatic carbocycles. The van der Waals surface area contributed by atoms with E-state index in [1.165, 1.54) is 11.3 Å². The summed E-state index contributed by atoms with van der Waals surface area (Å²) in [6.45, 7) is 2.48. The first-order chi connectivity index (χ1) is 7.18. The van der Waals surface area contributed by atoms with Gasteiger partial charge in [0, 0.05) is 0 Å². The van der Waals surface area contributed by atoms with Crippen molar-refractivity contribution in [2.24, 2.45) is 0 Å². The first-order valence-corrected chi connectivity index (χ1v) is 5.52. The van der Waals surface area contributed by atoms with E-state index >= 15 is 0 Å². The maximum atomic E-state index is 9.52. The Morgan fingerprint density at radius 2 is 2.40 bits per heavy atom. The van der Waals surface area contributed by atoms with E-state index in [9.17, 15) is 10.2 Å². The van der Waals surface area contributed by atoms with Crippen molar-refractivity contribution < 1.29 is 10.2 Å². The highest BCUT2D eigenvalue weighted by atomic mass is 32.1. The molecule has 1 aliphatic heterocycles. The van der Waals surface area contributed by atoms with Crippen LogP contribution in [0.15, 0.2) is 29.6 Å². The van der Waals surface area contributed by atoms with Crippen LogP contribution in [0.1, 0.15) is 5.69 Å². The lowest BCUT2D eigenvalue weighted by atomic mass is 10.2. The van der Waals surface area contributed by atoms with Crippen LogP contribution in [0.4, 0.5) is 5.00 Å². The van der Waals surface area contributed by atoms with Crippen molar-refractivity contribution in [1.29, 1.82) is 0 Å². The number of aromatic nitrogens is 1. The van der Waals surface area contributed by atoms with Crippen molar-refractivity contribution in [1.82, 2.24) is 9.47 Å². The summed E-state index contributed by atoms with van der Waals surface area (Å²) in [6, 6.07) is 0. The molecule has 2 N–H and O–H groups in total. The Bertz CT molecular complexity index is 425. The lowest BCUT2D eigenvalue weighted by molar-refractivity contribution is 0.159. The van der Waals surface area contributed by atoms with E-state index in [1.54, 1.807) is 17.8 Å². The third kappa shape index (κ3) is 1.69. The molecular formula is C10H13N2O2S+. The summed E-state index contributed by atoms with van der Waals surface area (Å²) in [5.74, 6) is 0.183. The number of rotatable bonds is 2. The van der Waals surface area contributed by atoms with Crippen LogP contribution in [-0.4, -0.2) is 28.5 Å². The van der Waals surface area contributed by atoms with Crippen LogP contribution >= 0.6 is 11.3 Å². The number of allylic oxidation sites excluding steroid dienone is 1. The first-order valence-electron chi connectivity index (χ1n) is 4.64.